The highest BCUT2D eigenvalue weighted by Crippen LogP contribution is 2.38. The lowest BCUT2D eigenvalue weighted by molar-refractivity contribution is -0.133. The van der Waals surface area contributed by atoms with Crippen LogP contribution in [0.3, 0.4) is 0 Å². The lowest BCUT2D eigenvalue weighted by atomic mass is 10.0. The number of carboxylic acid groups (broad SMARTS) is 1. The van der Waals surface area contributed by atoms with Crippen molar-refractivity contribution in [3.63, 3.8) is 0 Å². The van der Waals surface area contributed by atoms with Crippen molar-refractivity contribution in [2.24, 2.45) is 0 Å². The summed E-state index contributed by atoms with van der Waals surface area (Å²) in [5.41, 5.74) is 0.894. The molecule has 2 aromatic rings. The summed E-state index contributed by atoms with van der Waals surface area (Å²) < 4.78 is 5.72. The summed E-state index contributed by atoms with van der Waals surface area (Å²) in [4.78, 5) is 38.2. The zero-order valence-corrected chi connectivity index (χ0v) is 16.9. The number of carbonyl (C=O) groups excluding carboxylic acids is 2. The Hall–Kier alpha value is -3.35. The quantitative estimate of drug-likeness (QED) is 0.804. The van der Waals surface area contributed by atoms with Crippen molar-refractivity contribution in [1.29, 1.82) is 0 Å². The first-order valence-electron chi connectivity index (χ1n) is 9.37. The number of para-hydroxylation sites is 1. The lowest BCUT2D eigenvalue weighted by Crippen LogP contribution is -2.54. The fourth-order valence-corrected chi connectivity index (χ4v) is 3.31. The Kier molecular flexibility index (Phi) is 5.33. The molecule has 2 aromatic carbocycles. The molecule has 0 aromatic heterocycles. The minimum absolute atomic E-state index is 0.0455. The van der Waals surface area contributed by atoms with Crippen LogP contribution in [-0.2, 0) is 9.59 Å². The minimum atomic E-state index is -1.22. The van der Waals surface area contributed by atoms with E-state index in [-0.39, 0.29) is 35.6 Å². The molecule has 152 valence electrons. The van der Waals surface area contributed by atoms with Gasteiger partial charge in [-0.2, -0.15) is 0 Å². The zero-order chi connectivity index (χ0) is 21.3. The smallest absolute Gasteiger partial charge is 0.335 e. The highest BCUT2D eigenvalue weighted by Gasteiger charge is 2.41. The number of anilines is 2. The van der Waals surface area contributed by atoms with Crippen LogP contribution in [0.15, 0.2) is 42.5 Å². The molecule has 0 saturated heterocycles. The van der Waals surface area contributed by atoms with Crippen LogP contribution in [0.5, 0.6) is 5.75 Å². The van der Waals surface area contributed by atoms with Crippen LogP contribution >= 0.6 is 0 Å². The first kappa shape index (κ1) is 20.4. The molecule has 0 spiro atoms. The number of carboxylic acids is 1. The predicted octanol–water partition coefficient (Wildman–Crippen LogP) is 3.65. The molecule has 2 N–H and O–H groups in total. The number of ether oxygens (including phenoxy) is 1. The van der Waals surface area contributed by atoms with Crippen molar-refractivity contribution in [2.45, 2.75) is 39.2 Å². The van der Waals surface area contributed by atoms with Gasteiger partial charge >= 0.3 is 5.97 Å². The molecule has 0 radical (unpaired) electrons. The number of hydrogen-bond acceptors (Lipinski definition) is 4. The van der Waals surface area contributed by atoms with E-state index in [1.807, 2.05) is 38.1 Å². The molecule has 0 atom stereocenters. The molecule has 0 fully saturated rings. The molecule has 1 aliphatic heterocycles. The van der Waals surface area contributed by atoms with Crippen LogP contribution in [0, 0.1) is 0 Å². The van der Waals surface area contributed by atoms with E-state index in [1.54, 1.807) is 13.8 Å². The predicted molar refractivity (Wildman–Crippen MR) is 110 cm³/mol. The van der Waals surface area contributed by atoms with E-state index in [1.165, 1.54) is 23.1 Å². The summed E-state index contributed by atoms with van der Waals surface area (Å²) in [6.07, 6.45) is 0. The Bertz CT molecular complexity index is 981. The van der Waals surface area contributed by atoms with E-state index in [0.717, 1.165) is 5.56 Å². The van der Waals surface area contributed by atoms with Crippen molar-refractivity contribution >= 4 is 29.2 Å². The van der Waals surface area contributed by atoms with E-state index in [9.17, 15) is 19.5 Å². The van der Waals surface area contributed by atoms with Gasteiger partial charge < -0.3 is 15.2 Å². The zero-order valence-electron chi connectivity index (χ0n) is 16.9. The highest BCUT2D eigenvalue weighted by atomic mass is 16.5. The van der Waals surface area contributed by atoms with Gasteiger partial charge in [-0.05, 0) is 49.6 Å². The molecule has 0 saturated carbocycles. The van der Waals surface area contributed by atoms with Crippen LogP contribution in [0.1, 0.15) is 49.5 Å². The lowest BCUT2D eigenvalue weighted by Gasteiger charge is -2.38. The molecule has 0 unspecified atom stereocenters. The maximum absolute atomic E-state index is 12.9. The largest absolute Gasteiger partial charge is 0.478 e. The number of amides is 2. The van der Waals surface area contributed by atoms with Gasteiger partial charge in [-0.15, -0.1) is 0 Å². The molecule has 0 aliphatic carbocycles. The number of nitrogens with one attached hydrogen (secondary N) is 1. The van der Waals surface area contributed by atoms with Gasteiger partial charge in [0.2, 0.25) is 5.91 Å². The first-order chi connectivity index (χ1) is 13.6. The molecule has 7 nitrogen and oxygen atoms in total. The van der Waals surface area contributed by atoms with Crippen molar-refractivity contribution in [3.8, 4) is 5.75 Å². The van der Waals surface area contributed by atoms with Crippen LogP contribution in [-0.4, -0.2) is 35.0 Å². The number of rotatable bonds is 5. The average Bonchev–Trinajstić information content (AvgIpc) is 2.64. The second-order valence-corrected chi connectivity index (χ2v) is 7.78. The molecule has 1 heterocycles. The minimum Gasteiger partial charge on any atom is -0.478 e. The van der Waals surface area contributed by atoms with Crippen molar-refractivity contribution in [1.82, 2.24) is 0 Å². The summed E-state index contributed by atoms with van der Waals surface area (Å²) in [6.45, 7) is 7.04. The van der Waals surface area contributed by atoms with Crippen molar-refractivity contribution in [2.75, 3.05) is 16.8 Å². The number of nitrogens with zero attached hydrogens (tertiary/aromatic N) is 1. The van der Waals surface area contributed by atoms with E-state index in [4.69, 9.17) is 4.74 Å². The summed E-state index contributed by atoms with van der Waals surface area (Å²) in [6, 6.07) is 11.8. The number of benzene rings is 2. The van der Waals surface area contributed by atoms with Gasteiger partial charge in [0.05, 0.1) is 11.3 Å². The Labute approximate surface area is 169 Å². The fourth-order valence-electron chi connectivity index (χ4n) is 3.31. The molecule has 2 amide bonds. The van der Waals surface area contributed by atoms with Gasteiger partial charge in [0.15, 0.2) is 5.60 Å². The van der Waals surface area contributed by atoms with Gasteiger partial charge in [-0.1, -0.05) is 32.0 Å². The van der Waals surface area contributed by atoms with Gasteiger partial charge in [-0.25, -0.2) is 4.79 Å². The Morgan fingerprint density at radius 2 is 1.86 bits per heavy atom. The summed E-state index contributed by atoms with van der Waals surface area (Å²) in [5, 5.41) is 12.1. The van der Waals surface area contributed by atoms with Crippen molar-refractivity contribution in [3.05, 3.63) is 53.6 Å². The second-order valence-electron chi connectivity index (χ2n) is 7.78. The number of carbonyl (C=O) groups is 3. The first-order valence-corrected chi connectivity index (χ1v) is 9.37. The molecular formula is C22H24N2O5. The van der Waals surface area contributed by atoms with Crippen molar-refractivity contribution < 1.29 is 24.2 Å². The maximum Gasteiger partial charge on any atom is 0.335 e. The van der Waals surface area contributed by atoms with Gasteiger partial charge in [0.25, 0.3) is 5.91 Å². The second kappa shape index (κ2) is 7.58. The SMILES string of the molecule is CC(C)c1ccccc1NC(=O)CN1C(=O)C(C)(C)Oc2cc(C(=O)O)ccc21. The number of hydrogen-bond donors (Lipinski definition) is 2. The molecule has 29 heavy (non-hydrogen) atoms. The van der Waals surface area contributed by atoms with E-state index in [0.29, 0.717) is 11.4 Å². The molecule has 7 heteroatoms. The van der Waals surface area contributed by atoms with Gasteiger partial charge in [0, 0.05) is 5.69 Å². The monoisotopic (exact) mass is 396 g/mol. The van der Waals surface area contributed by atoms with Crippen LogP contribution in [0.25, 0.3) is 0 Å². The standard InChI is InChI=1S/C22H24N2O5/c1-13(2)15-7-5-6-8-16(15)23-19(25)12-24-17-10-9-14(20(26)27)11-18(17)29-22(3,4)21(24)28/h5-11,13H,12H2,1-4H3,(H,23,25)(H,26,27). The summed E-state index contributed by atoms with van der Waals surface area (Å²) in [7, 11) is 0. The topological polar surface area (TPSA) is 95.9 Å². The van der Waals surface area contributed by atoms with E-state index < -0.39 is 11.6 Å². The normalized spacial score (nSPS) is 14.9. The summed E-state index contributed by atoms with van der Waals surface area (Å²) in [5.74, 6) is -1.34. The molecule has 0 bridgehead atoms. The Morgan fingerprint density at radius 3 is 2.52 bits per heavy atom. The van der Waals surface area contributed by atoms with E-state index in [2.05, 4.69) is 5.32 Å². The third-order valence-electron chi connectivity index (χ3n) is 4.78. The van der Waals surface area contributed by atoms with Crippen LogP contribution in [0.4, 0.5) is 11.4 Å². The maximum atomic E-state index is 12.9. The molecular weight excluding hydrogens is 372 g/mol. The third-order valence-corrected chi connectivity index (χ3v) is 4.78. The average molecular weight is 396 g/mol. The Balaban J connectivity index is 1.89. The summed E-state index contributed by atoms with van der Waals surface area (Å²) >= 11 is 0. The fraction of sp³-hybridized carbons (Fsp3) is 0.318. The molecule has 1 aliphatic rings. The Morgan fingerprint density at radius 1 is 1.17 bits per heavy atom. The van der Waals surface area contributed by atoms with Gasteiger partial charge in [0.1, 0.15) is 12.3 Å². The van der Waals surface area contributed by atoms with Gasteiger partial charge in [-0.3, -0.25) is 14.5 Å². The van der Waals surface area contributed by atoms with Crippen LogP contribution in [0.2, 0.25) is 0 Å². The van der Waals surface area contributed by atoms with Crippen LogP contribution < -0.4 is 15.0 Å². The molecule has 3 rings (SSSR count). The van der Waals surface area contributed by atoms with E-state index >= 15 is 0 Å². The highest BCUT2D eigenvalue weighted by molar-refractivity contribution is 6.08. The number of fused-ring (bicyclic) bond motifs is 1. The number of aromatic carboxylic acids is 1. The third kappa shape index (κ3) is 4.08.